The van der Waals surface area contributed by atoms with Gasteiger partial charge in [-0.2, -0.15) is 4.98 Å². The molecule has 1 aromatic carbocycles. The normalized spacial score (nSPS) is 20.4. The van der Waals surface area contributed by atoms with Gasteiger partial charge in [0, 0.05) is 12.2 Å². The van der Waals surface area contributed by atoms with Crippen molar-refractivity contribution in [2.24, 2.45) is 0 Å². The SMILES string of the molecule is Cc1ccc(C)c(C2CC(c3nc(-c4ccccn4)no3)NN2)c1. The summed E-state index contributed by atoms with van der Waals surface area (Å²) in [6.45, 7) is 4.25. The number of pyridine rings is 1. The largest absolute Gasteiger partial charge is 0.337 e. The molecule has 0 radical (unpaired) electrons. The summed E-state index contributed by atoms with van der Waals surface area (Å²) in [5, 5.41) is 4.04. The maximum Gasteiger partial charge on any atom is 0.245 e. The van der Waals surface area contributed by atoms with E-state index in [1.807, 2.05) is 18.2 Å². The number of hydrazine groups is 1. The zero-order chi connectivity index (χ0) is 16.5. The van der Waals surface area contributed by atoms with E-state index in [0.717, 1.165) is 6.42 Å². The molecule has 0 bridgehead atoms. The van der Waals surface area contributed by atoms with Crippen LogP contribution in [0.1, 0.15) is 41.1 Å². The van der Waals surface area contributed by atoms with Crippen LogP contribution in [0.4, 0.5) is 0 Å². The predicted octanol–water partition coefficient (Wildman–Crippen LogP) is 3.03. The van der Waals surface area contributed by atoms with Gasteiger partial charge in [-0.15, -0.1) is 0 Å². The van der Waals surface area contributed by atoms with Crippen LogP contribution in [0.25, 0.3) is 11.5 Å². The molecule has 6 heteroatoms. The van der Waals surface area contributed by atoms with Crippen LogP contribution in [-0.2, 0) is 0 Å². The number of hydrogen-bond acceptors (Lipinski definition) is 6. The summed E-state index contributed by atoms with van der Waals surface area (Å²) >= 11 is 0. The topological polar surface area (TPSA) is 75.9 Å². The van der Waals surface area contributed by atoms with Gasteiger partial charge >= 0.3 is 0 Å². The van der Waals surface area contributed by atoms with Crippen LogP contribution in [0.15, 0.2) is 47.1 Å². The molecule has 1 saturated heterocycles. The molecule has 3 heterocycles. The van der Waals surface area contributed by atoms with E-state index in [1.54, 1.807) is 6.20 Å². The summed E-state index contributed by atoms with van der Waals surface area (Å²) in [7, 11) is 0. The molecule has 3 aromatic rings. The van der Waals surface area contributed by atoms with E-state index in [4.69, 9.17) is 4.52 Å². The van der Waals surface area contributed by atoms with Crippen molar-refractivity contribution in [3.63, 3.8) is 0 Å². The lowest BCUT2D eigenvalue weighted by Crippen LogP contribution is -2.27. The molecular formula is C18H19N5O. The molecule has 4 rings (SSSR count). The summed E-state index contributed by atoms with van der Waals surface area (Å²) in [5.41, 5.74) is 11.2. The minimum absolute atomic E-state index is 0.0140. The maximum atomic E-state index is 5.44. The summed E-state index contributed by atoms with van der Waals surface area (Å²) in [5.74, 6) is 1.10. The minimum Gasteiger partial charge on any atom is -0.337 e. The summed E-state index contributed by atoms with van der Waals surface area (Å²) in [4.78, 5) is 8.74. The quantitative estimate of drug-likeness (QED) is 0.772. The highest BCUT2D eigenvalue weighted by molar-refractivity contribution is 5.47. The van der Waals surface area contributed by atoms with Crippen LogP contribution in [-0.4, -0.2) is 15.1 Å². The van der Waals surface area contributed by atoms with Gasteiger partial charge in [-0.05, 0) is 43.5 Å². The Morgan fingerprint density at radius 3 is 2.79 bits per heavy atom. The first-order valence-electron chi connectivity index (χ1n) is 8.04. The highest BCUT2D eigenvalue weighted by Crippen LogP contribution is 2.32. The molecule has 2 atom stereocenters. The van der Waals surface area contributed by atoms with E-state index >= 15 is 0 Å². The smallest absolute Gasteiger partial charge is 0.245 e. The van der Waals surface area contributed by atoms with E-state index < -0.39 is 0 Å². The summed E-state index contributed by atoms with van der Waals surface area (Å²) in [6, 6.07) is 12.4. The van der Waals surface area contributed by atoms with Crippen LogP contribution < -0.4 is 10.9 Å². The van der Waals surface area contributed by atoms with Crippen molar-refractivity contribution in [2.75, 3.05) is 0 Å². The van der Waals surface area contributed by atoms with E-state index in [9.17, 15) is 0 Å². The molecule has 0 saturated carbocycles. The zero-order valence-electron chi connectivity index (χ0n) is 13.7. The second-order valence-corrected chi connectivity index (χ2v) is 6.16. The van der Waals surface area contributed by atoms with Crippen LogP contribution in [0.2, 0.25) is 0 Å². The number of aromatic nitrogens is 3. The third kappa shape index (κ3) is 2.81. The third-order valence-electron chi connectivity index (χ3n) is 4.35. The van der Waals surface area contributed by atoms with Crippen molar-refractivity contribution in [1.82, 2.24) is 26.0 Å². The lowest BCUT2D eigenvalue weighted by atomic mass is 9.96. The Balaban J connectivity index is 1.53. The van der Waals surface area contributed by atoms with E-state index in [-0.39, 0.29) is 12.1 Å². The molecule has 122 valence electrons. The Labute approximate surface area is 140 Å². The highest BCUT2D eigenvalue weighted by Gasteiger charge is 2.31. The van der Waals surface area contributed by atoms with Crippen LogP contribution in [0, 0.1) is 13.8 Å². The third-order valence-corrected chi connectivity index (χ3v) is 4.35. The van der Waals surface area contributed by atoms with Crippen molar-refractivity contribution < 1.29 is 4.52 Å². The minimum atomic E-state index is -0.0140. The number of hydrogen-bond donors (Lipinski definition) is 2. The first-order valence-corrected chi connectivity index (χ1v) is 8.04. The van der Waals surface area contributed by atoms with E-state index in [2.05, 4.69) is 58.0 Å². The van der Waals surface area contributed by atoms with Crippen LogP contribution >= 0.6 is 0 Å². The Kier molecular flexibility index (Phi) is 3.84. The summed E-state index contributed by atoms with van der Waals surface area (Å²) < 4.78 is 5.44. The molecule has 1 aliphatic heterocycles. The second-order valence-electron chi connectivity index (χ2n) is 6.16. The van der Waals surface area contributed by atoms with Gasteiger partial charge in [-0.25, -0.2) is 10.9 Å². The number of benzene rings is 1. The van der Waals surface area contributed by atoms with Gasteiger partial charge in [-0.3, -0.25) is 4.98 Å². The van der Waals surface area contributed by atoms with Gasteiger partial charge in [0.1, 0.15) is 11.7 Å². The number of aryl methyl sites for hydroxylation is 2. The van der Waals surface area contributed by atoms with Gasteiger partial charge in [0.25, 0.3) is 0 Å². The number of rotatable bonds is 3. The standard InChI is InChI=1S/C18H19N5O/c1-11-6-7-12(2)13(9-11)15-10-16(22-21-15)18-20-17(23-24-18)14-5-3-4-8-19-14/h3-9,15-16,21-22H,10H2,1-2H3. The fraction of sp³-hybridized carbons (Fsp3) is 0.278. The molecule has 1 aliphatic rings. The van der Waals surface area contributed by atoms with Crippen molar-refractivity contribution in [2.45, 2.75) is 32.4 Å². The predicted molar refractivity (Wildman–Crippen MR) is 89.8 cm³/mol. The van der Waals surface area contributed by atoms with Crippen molar-refractivity contribution in [1.29, 1.82) is 0 Å². The number of nitrogens with one attached hydrogen (secondary N) is 2. The van der Waals surface area contributed by atoms with Crippen molar-refractivity contribution in [3.05, 3.63) is 65.2 Å². The van der Waals surface area contributed by atoms with Gasteiger partial charge in [-0.1, -0.05) is 35.0 Å². The Morgan fingerprint density at radius 2 is 1.96 bits per heavy atom. The lowest BCUT2D eigenvalue weighted by Gasteiger charge is -2.13. The molecule has 0 aliphatic carbocycles. The molecule has 2 unspecified atom stereocenters. The maximum absolute atomic E-state index is 5.44. The van der Waals surface area contributed by atoms with Crippen LogP contribution in [0.5, 0.6) is 0 Å². The molecule has 6 nitrogen and oxygen atoms in total. The van der Waals surface area contributed by atoms with Crippen molar-refractivity contribution >= 4 is 0 Å². The molecular weight excluding hydrogens is 302 g/mol. The molecule has 0 spiro atoms. The van der Waals surface area contributed by atoms with E-state index in [0.29, 0.717) is 17.4 Å². The molecule has 1 fully saturated rings. The molecule has 2 N–H and O–H groups in total. The molecule has 24 heavy (non-hydrogen) atoms. The Hall–Kier alpha value is -2.57. The second kappa shape index (κ2) is 6.14. The summed E-state index contributed by atoms with van der Waals surface area (Å²) in [6.07, 6.45) is 2.57. The monoisotopic (exact) mass is 321 g/mol. The Morgan fingerprint density at radius 1 is 1.08 bits per heavy atom. The van der Waals surface area contributed by atoms with Gasteiger partial charge in [0.2, 0.25) is 11.7 Å². The first-order chi connectivity index (χ1) is 11.7. The Bertz CT molecular complexity index is 846. The van der Waals surface area contributed by atoms with Gasteiger partial charge < -0.3 is 4.52 Å². The highest BCUT2D eigenvalue weighted by atomic mass is 16.5. The molecule has 0 amide bonds. The fourth-order valence-corrected chi connectivity index (χ4v) is 3.03. The van der Waals surface area contributed by atoms with Crippen molar-refractivity contribution in [3.8, 4) is 11.5 Å². The average Bonchev–Trinajstić information content (AvgIpc) is 3.27. The first kappa shape index (κ1) is 15.0. The average molecular weight is 321 g/mol. The van der Waals surface area contributed by atoms with E-state index in [1.165, 1.54) is 16.7 Å². The zero-order valence-corrected chi connectivity index (χ0v) is 13.7. The van der Waals surface area contributed by atoms with Gasteiger partial charge in [0.15, 0.2) is 0 Å². The number of nitrogens with zero attached hydrogens (tertiary/aromatic N) is 3. The van der Waals surface area contributed by atoms with Gasteiger partial charge in [0.05, 0.1) is 0 Å². The van der Waals surface area contributed by atoms with Crippen LogP contribution in [0.3, 0.4) is 0 Å². The molecule has 2 aromatic heterocycles. The lowest BCUT2D eigenvalue weighted by molar-refractivity contribution is 0.340. The fourth-order valence-electron chi connectivity index (χ4n) is 3.03.